The number of H-pyrrole nitrogens is 1. The van der Waals surface area contributed by atoms with Crippen LogP contribution >= 0.6 is 24.0 Å². The molecule has 1 aliphatic rings. The topological polar surface area (TPSA) is 40.7 Å². The van der Waals surface area contributed by atoms with Crippen molar-refractivity contribution in [3.63, 3.8) is 0 Å². The van der Waals surface area contributed by atoms with Crippen LogP contribution in [0.15, 0.2) is 42.7 Å². The van der Waals surface area contributed by atoms with Crippen molar-refractivity contribution in [2.24, 2.45) is 5.92 Å². The quantitative estimate of drug-likeness (QED) is 0.469. The number of hydrogen-bond donors (Lipinski definition) is 2. The number of nitrogens with one attached hydrogen (secondary N) is 2. The third-order valence-electron chi connectivity index (χ3n) is 5.56. The number of aromatic amines is 1. The van der Waals surface area contributed by atoms with Gasteiger partial charge in [-0.3, -0.25) is 0 Å². The van der Waals surface area contributed by atoms with Gasteiger partial charge in [-0.25, -0.2) is 4.98 Å². The summed E-state index contributed by atoms with van der Waals surface area (Å²) in [5.74, 6) is 0.943. The molecule has 1 saturated carbocycles. The van der Waals surface area contributed by atoms with Gasteiger partial charge < -0.3 is 10.3 Å². The van der Waals surface area contributed by atoms with E-state index in [4.69, 9.17) is 11.6 Å². The van der Waals surface area contributed by atoms with Crippen molar-refractivity contribution >= 4 is 35.0 Å². The Balaban J connectivity index is 0.00000210. The predicted octanol–water partition coefficient (Wildman–Crippen LogP) is 6.37. The van der Waals surface area contributed by atoms with E-state index in [1.165, 1.54) is 44.1 Å². The van der Waals surface area contributed by atoms with E-state index in [2.05, 4.69) is 45.6 Å². The Labute approximate surface area is 172 Å². The van der Waals surface area contributed by atoms with Gasteiger partial charge in [-0.05, 0) is 42.1 Å². The lowest BCUT2D eigenvalue weighted by atomic mass is 9.87. The first kappa shape index (κ1) is 20.2. The normalized spacial score (nSPS) is 15.0. The van der Waals surface area contributed by atoms with Gasteiger partial charge in [0.25, 0.3) is 0 Å². The molecule has 1 fully saturated rings. The van der Waals surface area contributed by atoms with Gasteiger partial charge in [0.15, 0.2) is 0 Å². The summed E-state index contributed by atoms with van der Waals surface area (Å²) < 4.78 is 0. The lowest BCUT2D eigenvalue weighted by molar-refractivity contribution is 0.334. The van der Waals surface area contributed by atoms with Crippen molar-refractivity contribution in [2.45, 2.75) is 45.1 Å². The van der Waals surface area contributed by atoms with Crippen molar-refractivity contribution in [2.75, 3.05) is 6.54 Å². The summed E-state index contributed by atoms with van der Waals surface area (Å²) in [6.07, 6.45) is 10.2. The SMILES string of the molecule is Cl.Clc1cc2nc[nH]c2cc1-c1ccc(CNCCC2CCCCC2)cc1. The molecule has 0 atom stereocenters. The molecule has 2 aromatic carbocycles. The molecular formula is C22H27Cl2N3. The van der Waals surface area contributed by atoms with Crippen LogP contribution in [0.25, 0.3) is 22.2 Å². The molecule has 0 saturated heterocycles. The van der Waals surface area contributed by atoms with Crippen LogP contribution in [-0.4, -0.2) is 16.5 Å². The fraction of sp³-hybridized carbons (Fsp3) is 0.409. The highest BCUT2D eigenvalue weighted by Gasteiger charge is 2.12. The highest BCUT2D eigenvalue weighted by atomic mass is 35.5. The molecule has 1 aromatic heterocycles. The number of benzene rings is 2. The van der Waals surface area contributed by atoms with Gasteiger partial charge in [0, 0.05) is 12.1 Å². The highest BCUT2D eigenvalue weighted by Crippen LogP contribution is 2.31. The van der Waals surface area contributed by atoms with Gasteiger partial charge in [0.1, 0.15) is 0 Å². The van der Waals surface area contributed by atoms with Gasteiger partial charge in [-0.1, -0.05) is 68.0 Å². The summed E-state index contributed by atoms with van der Waals surface area (Å²) in [5.41, 5.74) is 5.41. The summed E-state index contributed by atoms with van der Waals surface area (Å²) in [7, 11) is 0. The van der Waals surface area contributed by atoms with Crippen LogP contribution in [-0.2, 0) is 6.54 Å². The zero-order valence-corrected chi connectivity index (χ0v) is 17.1. The first-order chi connectivity index (χ1) is 12.8. The number of hydrogen-bond acceptors (Lipinski definition) is 2. The molecule has 27 heavy (non-hydrogen) atoms. The molecule has 1 heterocycles. The van der Waals surface area contributed by atoms with E-state index < -0.39 is 0 Å². The maximum atomic E-state index is 6.44. The molecule has 3 nitrogen and oxygen atoms in total. The zero-order chi connectivity index (χ0) is 17.8. The van der Waals surface area contributed by atoms with Gasteiger partial charge in [-0.2, -0.15) is 0 Å². The van der Waals surface area contributed by atoms with Crippen LogP contribution in [0.3, 0.4) is 0 Å². The molecule has 0 radical (unpaired) electrons. The third-order valence-corrected chi connectivity index (χ3v) is 5.87. The van der Waals surface area contributed by atoms with Crippen LogP contribution in [0, 0.1) is 5.92 Å². The van der Waals surface area contributed by atoms with E-state index >= 15 is 0 Å². The van der Waals surface area contributed by atoms with Crippen molar-refractivity contribution in [1.29, 1.82) is 0 Å². The number of nitrogens with zero attached hydrogens (tertiary/aromatic N) is 1. The second kappa shape index (κ2) is 9.59. The summed E-state index contributed by atoms with van der Waals surface area (Å²) in [6.45, 7) is 2.05. The fourth-order valence-corrected chi connectivity index (χ4v) is 4.26. The summed E-state index contributed by atoms with van der Waals surface area (Å²) >= 11 is 6.44. The van der Waals surface area contributed by atoms with E-state index in [0.29, 0.717) is 0 Å². The summed E-state index contributed by atoms with van der Waals surface area (Å²) in [6, 6.07) is 12.7. The van der Waals surface area contributed by atoms with E-state index in [-0.39, 0.29) is 12.4 Å². The molecule has 4 rings (SSSR count). The molecule has 1 aliphatic carbocycles. The first-order valence-electron chi connectivity index (χ1n) is 9.72. The minimum absolute atomic E-state index is 0. The van der Waals surface area contributed by atoms with E-state index in [1.807, 2.05) is 6.07 Å². The Hall–Kier alpha value is -1.55. The molecule has 0 unspecified atom stereocenters. The van der Waals surface area contributed by atoms with Crippen LogP contribution < -0.4 is 5.32 Å². The van der Waals surface area contributed by atoms with Crippen molar-refractivity contribution in [3.05, 3.63) is 53.3 Å². The Kier molecular flexibility index (Phi) is 7.17. The van der Waals surface area contributed by atoms with Crippen LogP contribution in [0.4, 0.5) is 0 Å². The minimum Gasteiger partial charge on any atom is -0.345 e. The number of aromatic nitrogens is 2. The summed E-state index contributed by atoms with van der Waals surface area (Å²) in [5, 5.41) is 4.34. The Morgan fingerprint density at radius 1 is 1.07 bits per heavy atom. The van der Waals surface area contributed by atoms with Gasteiger partial charge in [0.2, 0.25) is 0 Å². The molecule has 0 amide bonds. The van der Waals surface area contributed by atoms with Crippen molar-refractivity contribution in [1.82, 2.24) is 15.3 Å². The van der Waals surface area contributed by atoms with Gasteiger partial charge in [-0.15, -0.1) is 12.4 Å². The molecular weight excluding hydrogens is 377 g/mol. The number of halogens is 2. The standard InChI is InChI=1S/C22H26ClN3.ClH/c23-20-13-22-21(25-15-26-22)12-19(20)18-8-6-17(7-9-18)14-24-11-10-16-4-2-1-3-5-16;/h6-9,12-13,15-16,24H,1-5,10-11,14H2,(H,25,26);1H. The molecule has 3 aromatic rings. The summed E-state index contributed by atoms with van der Waals surface area (Å²) in [4.78, 5) is 7.41. The van der Waals surface area contributed by atoms with E-state index in [1.54, 1.807) is 6.33 Å². The molecule has 0 aliphatic heterocycles. The average molecular weight is 404 g/mol. The van der Waals surface area contributed by atoms with Crippen LogP contribution in [0.1, 0.15) is 44.1 Å². The van der Waals surface area contributed by atoms with E-state index in [0.717, 1.165) is 46.2 Å². The largest absolute Gasteiger partial charge is 0.345 e. The number of imidazole rings is 1. The smallest absolute Gasteiger partial charge is 0.0931 e. The molecule has 0 bridgehead atoms. The fourth-order valence-electron chi connectivity index (χ4n) is 3.99. The van der Waals surface area contributed by atoms with Crippen molar-refractivity contribution < 1.29 is 0 Å². The minimum atomic E-state index is 0. The van der Waals surface area contributed by atoms with Crippen LogP contribution in [0.5, 0.6) is 0 Å². The van der Waals surface area contributed by atoms with Gasteiger partial charge >= 0.3 is 0 Å². The van der Waals surface area contributed by atoms with Gasteiger partial charge in [0.05, 0.1) is 22.4 Å². The Morgan fingerprint density at radius 3 is 2.63 bits per heavy atom. The van der Waals surface area contributed by atoms with Crippen LogP contribution in [0.2, 0.25) is 5.02 Å². The predicted molar refractivity (Wildman–Crippen MR) is 117 cm³/mol. The molecule has 5 heteroatoms. The van der Waals surface area contributed by atoms with E-state index in [9.17, 15) is 0 Å². The Bertz CT molecular complexity index is 852. The van der Waals surface area contributed by atoms with Crippen molar-refractivity contribution in [3.8, 4) is 11.1 Å². The highest BCUT2D eigenvalue weighted by molar-refractivity contribution is 6.34. The molecule has 144 valence electrons. The Morgan fingerprint density at radius 2 is 1.85 bits per heavy atom. The zero-order valence-electron chi connectivity index (χ0n) is 15.5. The average Bonchev–Trinajstić information content (AvgIpc) is 3.13. The molecule has 2 N–H and O–H groups in total. The first-order valence-corrected chi connectivity index (χ1v) is 10.1. The lowest BCUT2D eigenvalue weighted by Crippen LogP contribution is -2.19. The third kappa shape index (κ3) is 5.04. The second-order valence-electron chi connectivity index (χ2n) is 7.42. The monoisotopic (exact) mass is 403 g/mol. The second-order valence-corrected chi connectivity index (χ2v) is 7.83. The maximum absolute atomic E-state index is 6.44. The molecule has 0 spiro atoms. The lowest BCUT2D eigenvalue weighted by Gasteiger charge is -2.21. The maximum Gasteiger partial charge on any atom is 0.0931 e. The number of fused-ring (bicyclic) bond motifs is 1. The number of rotatable bonds is 6.